The molecule has 1 aliphatic rings. The summed E-state index contributed by atoms with van der Waals surface area (Å²) in [7, 11) is 0. The van der Waals surface area contributed by atoms with Crippen molar-refractivity contribution in [1.82, 2.24) is 14.7 Å². The van der Waals surface area contributed by atoms with E-state index in [-0.39, 0.29) is 11.7 Å². The summed E-state index contributed by atoms with van der Waals surface area (Å²) in [5, 5.41) is 14.4. The average molecular weight is 242 g/mol. The number of piperidine rings is 1. The van der Waals surface area contributed by atoms with Crippen LogP contribution in [0.3, 0.4) is 0 Å². The number of halogens is 1. The van der Waals surface area contributed by atoms with Crippen LogP contribution < -0.4 is 0 Å². The van der Waals surface area contributed by atoms with Gasteiger partial charge in [0.25, 0.3) is 0 Å². The number of hydrogen-bond donors (Lipinski definition) is 0. The highest BCUT2D eigenvalue weighted by molar-refractivity contribution is 5.21. The topological polar surface area (TPSA) is 64.2 Å². The molecule has 0 spiro atoms. The van der Waals surface area contributed by atoms with E-state index in [4.69, 9.17) is 0 Å². The SMILES string of the molecule is CCN1CCC(n2cc([N+](=O)[O-])cn2)C(F)C1. The third kappa shape index (κ3) is 2.44. The fourth-order valence-electron chi connectivity index (χ4n) is 2.14. The highest BCUT2D eigenvalue weighted by atomic mass is 19.1. The van der Waals surface area contributed by atoms with E-state index < -0.39 is 11.1 Å². The van der Waals surface area contributed by atoms with Gasteiger partial charge in [0.1, 0.15) is 18.6 Å². The quantitative estimate of drug-likeness (QED) is 0.593. The summed E-state index contributed by atoms with van der Waals surface area (Å²) < 4.78 is 15.3. The Hall–Kier alpha value is -1.50. The van der Waals surface area contributed by atoms with E-state index in [1.165, 1.54) is 17.1 Å². The van der Waals surface area contributed by atoms with E-state index in [0.717, 1.165) is 13.1 Å². The van der Waals surface area contributed by atoms with Gasteiger partial charge in [-0.25, -0.2) is 4.39 Å². The van der Waals surface area contributed by atoms with Gasteiger partial charge in [-0.1, -0.05) is 6.92 Å². The van der Waals surface area contributed by atoms with Crippen LogP contribution in [0.5, 0.6) is 0 Å². The molecule has 2 atom stereocenters. The van der Waals surface area contributed by atoms with Gasteiger partial charge in [0.05, 0.1) is 11.0 Å². The molecule has 2 heterocycles. The Balaban J connectivity index is 2.09. The van der Waals surface area contributed by atoms with Gasteiger partial charge >= 0.3 is 5.69 Å². The lowest BCUT2D eigenvalue weighted by molar-refractivity contribution is -0.385. The van der Waals surface area contributed by atoms with Crippen molar-refractivity contribution < 1.29 is 9.31 Å². The smallest absolute Gasteiger partial charge is 0.301 e. The molecule has 0 bridgehead atoms. The number of likely N-dealkylation sites (tertiary alicyclic amines) is 1. The zero-order chi connectivity index (χ0) is 12.4. The Labute approximate surface area is 98.2 Å². The molecule has 6 nitrogen and oxygen atoms in total. The van der Waals surface area contributed by atoms with Crippen molar-refractivity contribution in [3.8, 4) is 0 Å². The first kappa shape index (κ1) is 12.0. The molecule has 0 saturated carbocycles. The number of alkyl halides is 1. The minimum absolute atomic E-state index is 0.0879. The van der Waals surface area contributed by atoms with Crippen molar-refractivity contribution in [2.75, 3.05) is 19.6 Å². The zero-order valence-electron chi connectivity index (χ0n) is 9.62. The molecule has 7 heteroatoms. The second-order valence-corrected chi connectivity index (χ2v) is 4.20. The maximum atomic E-state index is 13.9. The fraction of sp³-hybridized carbons (Fsp3) is 0.700. The van der Waals surface area contributed by atoms with Gasteiger partial charge in [0.2, 0.25) is 0 Å². The molecule has 0 radical (unpaired) electrons. The van der Waals surface area contributed by atoms with E-state index in [9.17, 15) is 14.5 Å². The monoisotopic (exact) mass is 242 g/mol. The summed E-state index contributed by atoms with van der Waals surface area (Å²) in [6.45, 7) is 3.99. The summed E-state index contributed by atoms with van der Waals surface area (Å²) in [5.41, 5.74) is -0.0879. The third-order valence-electron chi connectivity index (χ3n) is 3.18. The molecule has 1 aromatic rings. The molecule has 1 aromatic heterocycles. The van der Waals surface area contributed by atoms with E-state index in [0.29, 0.717) is 13.0 Å². The minimum atomic E-state index is -1.02. The predicted molar refractivity (Wildman–Crippen MR) is 59.5 cm³/mol. The van der Waals surface area contributed by atoms with Crippen molar-refractivity contribution in [3.05, 3.63) is 22.5 Å². The first-order valence-electron chi connectivity index (χ1n) is 5.66. The maximum Gasteiger partial charge on any atom is 0.307 e. The predicted octanol–water partition coefficient (Wildman–Crippen LogP) is 1.40. The molecule has 0 aliphatic carbocycles. The Morgan fingerprint density at radius 1 is 1.71 bits per heavy atom. The van der Waals surface area contributed by atoms with E-state index in [1.807, 2.05) is 11.8 Å². The summed E-state index contributed by atoms with van der Waals surface area (Å²) >= 11 is 0. The van der Waals surface area contributed by atoms with Gasteiger partial charge in [0.15, 0.2) is 0 Å². The van der Waals surface area contributed by atoms with Gasteiger partial charge in [-0.05, 0) is 13.0 Å². The largest absolute Gasteiger partial charge is 0.307 e. The van der Waals surface area contributed by atoms with Crippen LogP contribution in [0.1, 0.15) is 19.4 Å². The van der Waals surface area contributed by atoms with Crippen LogP contribution in [-0.4, -0.2) is 45.4 Å². The normalized spacial score (nSPS) is 26.0. The summed E-state index contributed by atoms with van der Waals surface area (Å²) in [6.07, 6.45) is 2.08. The maximum absolute atomic E-state index is 13.9. The fourth-order valence-corrected chi connectivity index (χ4v) is 2.14. The van der Waals surface area contributed by atoms with Crippen LogP contribution in [0.15, 0.2) is 12.4 Å². The number of aromatic nitrogens is 2. The standard InChI is InChI=1S/C10H15FN4O2/c1-2-13-4-3-10(9(11)7-13)14-6-8(5-12-14)15(16)17/h5-6,9-10H,2-4,7H2,1H3. The lowest BCUT2D eigenvalue weighted by Crippen LogP contribution is -2.42. The Morgan fingerprint density at radius 2 is 2.47 bits per heavy atom. The average Bonchev–Trinajstić information content (AvgIpc) is 2.78. The van der Waals surface area contributed by atoms with E-state index in [1.54, 1.807) is 0 Å². The molecule has 2 unspecified atom stereocenters. The number of rotatable bonds is 3. The van der Waals surface area contributed by atoms with E-state index >= 15 is 0 Å². The first-order chi connectivity index (χ1) is 8.11. The number of hydrogen-bond acceptors (Lipinski definition) is 4. The van der Waals surface area contributed by atoms with Gasteiger partial charge in [-0.3, -0.25) is 14.8 Å². The first-order valence-corrected chi connectivity index (χ1v) is 5.66. The molecule has 0 N–H and O–H groups in total. The van der Waals surface area contributed by atoms with Crippen LogP contribution in [0.2, 0.25) is 0 Å². The van der Waals surface area contributed by atoms with Crippen LogP contribution in [0, 0.1) is 10.1 Å². The third-order valence-corrected chi connectivity index (χ3v) is 3.18. The van der Waals surface area contributed by atoms with Gasteiger partial charge < -0.3 is 4.90 Å². The molecule has 2 rings (SSSR count). The second kappa shape index (κ2) is 4.79. The van der Waals surface area contributed by atoms with Crippen molar-refractivity contribution in [1.29, 1.82) is 0 Å². The van der Waals surface area contributed by atoms with Crippen molar-refractivity contribution in [2.45, 2.75) is 25.6 Å². The summed E-state index contributed by atoms with van der Waals surface area (Å²) in [5.74, 6) is 0. The molecular weight excluding hydrogens is 227 g/mol. The van der Waals surface area contributed by atoms with E-state index in [2.05, 4.69) is 5.10 Å². The Bertz CT molecular complexity index is 409. The minimum Gasteiger partial charge on any atom is -0.301 e. The molecular formula is C10H15FN4O2. The molecule has 17 heavy (non-hydrogen) atoms. The molecule has 1 saturated heterocycles. The lowest BCUT2D eigenvalue weighted by Gasteiger charge is -2.33. The van der Waals surface area contributed by atoms with Crippen LogP contribution in [0.4, 0.5) is 10.1 Å². The summed E-state index contributed by atoms with van der Waals surface area (Å²) in [4.78, 5) is 12.0. The van der Waals surface area contributed by atoms with Crippen LogP contribution in [-0.2, 0) is 0 Å². The Morgan fingerprint density at radius 3 is 3.00 bits per heavy atom. The number of nitro groups is 1. The lowest BCUT2D eigenvalue weighted by atomic mass is 10.0. The van der Waals surface area contributed by atoms with Crippen LogP contribution >= 0.6 is 0 Å². The van der Waals surface area contributed by atoms with Crippen molar-refractivity contribution >= 4 is 5.69 Å². The number of nitrogens with zero attached hydrogens (tertiary/aromatic N) is 4. The molecule has 0 aromatic carbocycles. The zero-order valence-corrected chi connectivity index (χ0v) is 9.62. The molecule has 1 fully saturated rings. The van der Waals surface area contributed by atoms with Crippen molar-refractivity contribution in [2.24, 2.45) is 0 Å². The van der Waals surface area contributed by atoms with Gasteiger partial charge in [-0.15, -0.1) is 0 Å². The Kier molecular flexibility index (Phi) is 3.37. The summed E-state index contributed by atoms with van der Waals surface area (Å²) in [6, 6.07) is -0.383. The highest BCUT2D eigenvalue weighted by Crippen LogP contribution is 2.26. The van der Waals surface area contributed by atoms with Crippen LogP contribution in [0.25, 0.3) is 0 Å². The molecule has 0 amide bonds. The molecule has 94 valence electrons. The van der Waals surface area contributed by atoms with Crippen molar-refractivity contribution in [3.63, 3.8) is 0 Å². The van der Waals surface area contributed by atoms with Gasteiger partial charge in [-0.2, -0.15) is 5.10 Å². The second-order valence-electron chi connectivity index (χ2n) is 4.20. The molecule has 1 aliphatic heterocycles. The van der Waals surface area contributed by atoms with Gasteiger partial charge in [0, 0.05) is 13.1 Å². The highest BCUT2D eigenvalue weighted by Gasteiger charge is 2.31.